The van der Waals surface area contributed by atoms with Gasteiger partial charge in [0.05, 0.1) is 0 Å². The number of rotatable bonds is 7. The normalized spacial score (nSPS) is 19.4. The molecule has 186 valence electrons. The van der Waals surface area contributed by atoms with E-state index in [1.165, 1.54) is 0 Å². The fourth-order valence-electron chi connectivity index (χ4n) is 4.83. The number of carbonyl (C=O) groups is 3. The number of benzene rings is 2. The molecule has 2 atom stereocenters. The van der Waals surface area contributed by atoms with Gasteiger partial charge in [0.2, 0.25) is 5.91 Å². The number of likely N-dealkylation sites (tertiary alicyclic amines) is 1. The van der Waals surface area contributed by atoms with Gasteiger partial charge >= 0.3 is 12.1 Å². The van der Waals surface area contributed by atoms with E-state index in [-0.39, 0.29) is 25.5 Å². The number of fused-ring (bicyclic) bond motifs is 3. The smallest absolute Gasteiger partial charge is 0.407 e. The quantitative estimate of drug-likeness (QED) is 0.610. The second-order valence-electron chi connectivity index (χ2n) is 9.02. The average Bonchev–Trinajstić information content (AvgIpc) is 3.15. The Morgan fingerprint density at radius 2 is 1.71 bits per heavy atom. The van der Waals surface area contributed by atoms with Crippen molar-refractivity contribution in [2.45, 2.75) is 44.1 Å². The molecule has 0 saturated carbocycles. The van der Waals surface area contributed by atoms with Crippen LogP contribution < -0.4 is 5.32 Å². The molecule has 1 saturated heterocycles. The Morgan fingerprint density at radius 1 is 1.11 bits per heavy atom. The van der Waals surface area contributed by atoms with Crippen molar-refractivity contribution >= 4 is 18.0 Å². The molecule has 2 N–H and O–H groups in total. The monoisotopic (exact) mass is 486 g/mol. The zero-order valence-electron chi connectivity index (χ0n) is 19.4. The maximum absolute atomic E-state index is 13.9. The van der Waals surface area contributed by atoms with Gasteiger partial charge in [0.25, 0.3) is 5.92 Å². The van der Waals surface area contributed by atoms with Crippen LogP contribution in [0.5, 0.6) is 0 Å². The maximum atomic E-state index is 13.9. The number of halogens is 2. The summed E-state index contributed by atoms with van der Waals surface area (Å²) in [4.78, 5) is 37.6. The van der Waals surface area contributed by atoms with Gasteiger partial charge in [0, 0.05) is 37.9 Å². The van der Waals surface area contributed by atoms with Gasteiger partial charge in [-0.05, 0) is 28.7 Å². The molecule has 4 rings (SSSR count). The van der Waals surface area contributed by atoms with E-state index in [1.807, 2.05) is 48.5 Å². The largest absolute Gasteiger partial charge is 0.481 e. The van der Waals surface area contributed by atoms with E-state index >= 15 is 0 Å². The summed E-state index contributed by atoms with van der Waals surface area (Å²) in [6.45, 7) is 1.14. The number of alkyl halides is 2. The molecular formula is C26H28F2N2O5. The molecule has 0 radical (unpaired) electrons. The lowest BCUT2D eigenvalue weighted by atomic mass is 9.93. The number of amides is 2. The molecule has 1 aliphatic carbocycles. The molecule has 0 bridgehead atoms. The number of nitrogens with one attached hydrogen (secondary N) is 1. The predicted octanol–water partition coefficient (Wildman–Crippen LogP) is 4.26. The number of ether oxygens (including phenoxy) is 1. The van der Waals surface area contributed by atoms with Gasteiger partial charge in [0.15, 0.2) is 0 Å². The number of piperidine rings is 1. The minimum absolute atomic E-state index is 0.0992. The molecule has 1 aliphatic heterocycles. The van der Waals surface area contributed by atoms with E-state index in [2.05, 4.69) is 5.32 Å². The average molecular weight is 487 g/mol. The molecule has 1 heterocycles. The predicted molar refractivity (Wildman–Crippen MR) is 124 cm³/mol. The number of aliphatic carboxylic acids is 1. The van der Waals surface area contributed by atoms with E-state index in [9.17, 15) is 23.2 Å². The minimum Gasteiger partial charge on any atom is -0.481 e. The number of carboxylic acids is 1. The first-order valence-electron chi connectivity index (χ1n) is 11.7. The van der Waals surface area contributed by atoms with Crippen LogP contribution in [0.15, 0.2) is 48.5 Å². The summed E-state index contributed by atoms with van der Waals surface area (Å²) in [6.07, 6.45) is -1.08. The molecule has 2 aromatic carbocycles. The van der Waals surface area contributed by atoms with Crippen LogP contribution in [0.3, 0.4) is 0 Å². The molecule has 2 aliphatic rings. The SMILES string of the molecule is CC[C@H](CC(=O)N1CCC(F)(F)C(C(=O)O)C1)NC(=O)OCC1c2ccccc2-c2ccccc21. The molecule has 2 aromatic rings. The molecule has 7 nitrogen and oxygen atoms in total. The standard InChI is InChI=1S/C26H28F2N2O5/c1-2-16(13-23(31)30-12-11-26(27,28)22(14-30)24(32)33)29-25(34)35-15-21-19-9-5-3-7-17(19)18-8-4-6-10-20(18)21/h3-10,16,21-22H,2,11-15H2,1H3,(H,29,34)(H,32,33)/t16-,22?/m1/s1. The Kier molecular flexibility index (Phi) is 7.05. The van der Waals surface area contributed by atoms with Crippen molar-refractivity contribution in [1.82, 2.24) is 10.2 Å². The van der Waals surface area contributed by atoms with Crippen LogP contribution in [0.4, 0.5) is 13.6 Å². The lowest BCUT2D eigenvalue weighted by Crippen LogP contribution is -2.53. The van der Waals surface area contributed by atoms with Gasteiger partial charge in [-0.1, -0.05) is 55.5 Å². The van der Waals surface area contributed by atoms with Crippen LogP contribution in [0.1, 0.15) is 43.2 Å². The van der Waals surface area contributed by atoms with Crippen LogP contribution >= 0.6 is 0 Å². The van der Waals surface area contributed by atoms with Crippen molar-refractivity contribution in [3.63, 3.8) is 0 Å². The lowest BCUT2D eigenvalue weighted by molar-refractivity contribution is -0.169. The van der Waals surface area contributed by atoms with E-state index in [4.69, 9.17) is 9.84 Å². The highest BCUT2D eigenvalue weighted by Crippen LogP contribution is 2.44. The topological polar surface area (TPSA) is 95.9 Å². The Labute approximate surface area is 202 Å². The fourth-order valence-corrected chi connectivity index (χ4v) is 4.83. The first kappa shape index (κ1) is 24.6. The molecule has 0 spiro atoms. The number of carboxylic acid groups (broad SMARTS) is 1. The van der Waals surface area contributed by atoms with Gasteiger partial charge in [-0.3, -0.25) is 9.59 Å². The van der Waals surface area contributed by atoms with Crippen molar-refractivity contribution < 1.29 is 33.0 Å². The summed E-state index contributed by atoms with van der Waals surface area (Å²) in [6, 6.07) is 15.4. The summed E-state index contributed by atoms with van der Waals surface area (Å²) >= 11 is 0. The molecule has 1 unspecified atom stereocenters. The van der Waals surface area contributed by atoms with Gasteiger partial charge in [-0.15, -0.1) is 0 Å². The fraction of sp³-hybridized carbons (Fsp3) is 0.423. The Bertz CT molecular complexity index is 1080. The van der Waals surface area contributed by atoms with E-state index < -0.39 is 48.8 Å². The molecule has 1 fully saturated rings. The minimum atomic E-state index is -3.35. The van der Waals surface area contributed by atoms with Gasteiger partial charge in [-0.25, -0.2) is 13.6 Å². The third-order valence-corrected chi connectivity index (χ3v) is 6.86. The lowest BCUT2D eigenvalue weighted by Gasteiger charge is -2.36. The first-order chi connectivity index (χ1) is 16.7. The zero-order chi connectivity index (χ0) is 25.2. The van der Waals surface area contributed by atoms with Crippen molar-refractivity contribution in [3.05, 3.63) is 59.7 Å². The number of hydrogen-bond acceptors (Lipinski definition) is 4. The van der Waals surface area contributed by atoms with Crippen LogP contribution in [0.2, 0.25) is 0 Å². The molecular weight excluding hydrogens is 458 g/mol. The Balaban J connectivity index is 1.33. The third kappa shape index (κ3) is 5.13. The second-order valence-corrected chi connectivity index (χ2v) is 9.02. The summed E-state index contributed by atoms with van der Waals surface area (Å²) < 4.78 is 33.2. The van der Waals surface area contributed by atoms with Crippen molar-refractivity contribution in [1.29, 1.82) is 0 Å². The maximum Gasteiger partial charge on any atom is 0.407 e. The van der Waals surface area contributed by atoms with Gasteiger partial charge in [-0.2, -0.15) is 0 Å². The van der Waals surface area contributed by atoms with Crippen LogP contribution in [-0.4, -0.2) is 59.6 Å². The zero-order valence-corrected chi connectivity index (χ0v) is 19.4. The van der Waals surface area contributed by atoms with Gasteiger partial charge < -0.3 is 20.1 Å². The van der Waals surface area contributed by atoms with E-state index in [1.54, 1.807) is 6.92 Å². The summed E-state index contributed by atoms with van der Waals surface area (Å²) in [5.41, 5.74) is 4.39. The van der Waals surface area contributed by atoms with Crippen LogP contribution in [0, 0.1) is 5.92 Å². The number of hydrogen-bond donors (Lipinski definition) is 2. The van der Waals surface area contributed by atoms with Crippen molar-refractivity contribution in [2.24, 2.45) is 5.92 Å². The molecule has 0 aromatic heterocycles. The van der Waals surface area contributed by atoms with Crippen LogP contribution in [0.25, 0.3) is 11.1 Å². The highest BCUT2D eigenvalue weighted by molar-refractivity contribution is 5.80. The van der Waals surface area contributed by atoms with E-state index in [0.29, 0.717) is 6.42 Å². The number of alkyl carbamates (subject to hydrolysis) is 1. The van der Waals surface area contributed by atoms with Crippen LogP contribution in [-0.2, 0) is 14.3 Å². The second kappa shape index (κ2) is 10.0. The Morgan fingerprint density at radius 3 is 2.29 bits per heavy atom. The first-order valence-corrected chi connectivity index (χ1v) is 11.7. The summed E-state index contributed by atoms with van der Waals surface area (Å²) in [7, 11) is 0. The molecule has 35 heavy (non-hydrogen) atoms. The summed E-state index contributed by atoms with van der Waals surface area (Å²) in [5, 5.41) is 11.8. The van der Waals surface area contributed by atoms with E-state index in [0.717, 1.165) is 27.2 Å². The Hall–Kier alpha value is -3.49. The third-order valence-electron chi connectivity index (χ3n) is 6.86. The number of nitrogens with zero attached hydrogens (tertiary/aromatic N) is 1. The summed E-state index contributed by atoms with van der Waals surface area (Å²) in [5.74, 6) is -7.49. The highest BCUT2D eigenvalue weighted by Gasteiger charge is 2.49. The van der Waals surface area contributed by atoms with Gasteiger partial charge in [0.1, 0.15) is 12.5 Å². The molecule has 9 heteroatoms. The van der Waals surface area contributed by atoms with Crippen molar-refractivity contribution in [3.8, 4) is 11.1 Å². The highest BCUT2D eigenvalue weighted by atomic mass is 19.3. The molecule has 2 amide bonds. The number of carbonyl (C=O) groups excluding carboxylic acids is 2. The van der Waals surface area contributed by atoms with Crippen molar-refractivity contribution in [2.75, 3.05) is 19.7 Å².